The smallest absolute Gasteiger partial charge is 0.324 e. The van der Waals surface area contributed by atoms with E-state index in [0.29, 0.717) is 24.7 Å². The maximum absolute atomic E-state index is 11.3. The molecule has 0 aromatic heterocycles. The lowest BCUT2D eigenvalue weighted by Gasteiger charge is -2.38. The molecule has 5 nitrogen and oxygen atoms in total. The summed E-state index contributed by atoms with van der Waals surface area (Å²) in [5, 5.41) is 18.6. The summed E-state index contributed by atoms with van der Waals surface area (Å²) in [6.07, 6.45) is 0.776. The number of carboxylic acid groups (broad SMARTS) is 2. The third kappa shape index (κ3) is 3.45. The van der Waals surface area contributed by atoms with Crippen LogP contribution < -0.4 is 0 Å². The highest BCUT2D eigenvalue weighted by Crippen LogP contribution is 2.24. The number of rotatable bonds is 8. The molecule has 0 atom stereocenters. The average molecular weight is 296 g/mol. The summed E-state index contributed by atoms with van der Waals surface area (Å²) >= 11 is 3.21. The Morgan fingerprint density at radius 2 is 1.75 bits per heavy atom. The van der Waals surface area contributed by atoms with Gasteiger partial charge >= 0.3 is 11.9 Å². The van der Waals surface area contributed by atoms with E-state index in [4.69, 9.17) is 5.11 Å². The monoisotopic (exact) mass is 295 g/mol. The second-order valence-electron chi connectivity index (χ2n) is 3.55. The Morgan fingerprint density at radius 1 is 1.25 bits per heavy atom. The van der Waals surface area contributed by atoms with E-state index < -0.39 is 17.5 Å². The van der Waals surface area contributed by atoms with Crippen molar-refractivity contribution in [2.75, 3.05) is 18.4 Å². The minimum absolute atomic E-state index is 0.250. The van der Waals surface area contributed by atoms with Crippen molar-refractivity contribution in [2.24, 2.45) is 0 Å². The lowest BCUT2D eigenvalue weighted by Crippen LogP contribution is -2.56. The van der Waals surface area contributed by atoms with Crippen LogP contribution in [0.15, 0.2) is 0 Å². The summed E-state index contributed by atoms with van der Waals surface area (Å²) in [6, 6.07) is 0. The molecular formula is C10H18BrNO4. The lowest BCUT2D eigenvalue weighted by atomic mass is 9.90. The van der Waals surface area contributed by atoms with Gasteiger partial charge in [0.15, 0.2) is 0 Å². The van der Waals surface area contributed by atoms with Crippen LogP contribution in [-0.2, 0) is 9.59 Å². The average Bonchev–Trinajstić information content (AvgIpc) is 2.19. The molecule has 0 unspecified atom stereocenters. The highest BCUT2D eigenvalue weighted by Gasteiger charge is 2.41. The standard InChI is InChI=1S/C10H18BrNO4/c1-3-10(4-2,9(15)16)12(6-5-11)7-8(13)14/h3-7H2,1-2H3,(H,13,14)(H,15,16). The molecule has 0 aromatic carbocycles. The summed E-state index contributed by atoms with van der Waals surface area (Å²) in [5.41, 5.74) is -1.08. The van der Waals surface area contributed by atoms with E-state index in [0.717, 1.165) is 0 Å². The highest BCUT2D eigenvalue weighted by atomic mass is 79.9. The number of aliphatic carboxylic acids is 2. The first-order chi connectivity index (χ1) is 7.44. The number of nitrogens with zero attached hydrogens (tertiary/aromatic N) is 1. The second kappa shape index (κ2) is 6.85. The number of carbonyl (C=O) groups is 2. The van der Waals surface area contributed by atoms with Crippen molar-refractivity contribution < 1.29 is 19.8 Å². The minimum Gasteiger partial charge on any atom is -0.480 e. The number of hydrogen-bond donors (Lipinski definition) is 2. The summed E-state index contributed by atoms with van der Waals surface area (Å²) < 4.78 is 0. The molecule has 0 amide bonds. The van der Waals surface area contributed by atoms with E-state index in [2.05, 4.69) is 15.9 Å². The van der Waals surface area contributed by atoms with Crippen molar-refractivity contribution in [1.82, 2.24) is 4.90 Å². The summed E-state index contributed by atoms with van der Waals surface area (Å²) in [4.78, 5) is 23.6. The van der Waals surface area contributed by atoms with Gasteiger partial charge in [0, 0.05) is 11.9 Å². The first-order valence-electron chi connectivity index (χ1n) is 5.20. The Kier molecular flexibility index (Phi) is 6.59. The van der Waals surface area contributed by atoms with Crippen LogP contribution in [-0.4, -0.2) is 51.0 Å². The molecule has 0 heterocycles. The van der Waals surface area contributed by atoms with E-state index in [1.54, 1.807) is 13.8 Å². The third-order valence-corrected chi connectivity index (χ3v) is 3.21. The zero-order valence-electron chi connectivity index (χ0n) is 9.57. The van der Waals surface area contributed by atoms with Gasteiger partial charge in [0.1, 0.15) is 5.54 Å². The molecule has 0 saturated carbocycles. The molecule has 0 aliphatic rings. The molecule has 2 N–H and O–H groups in total. The van der Waals surface area contributed by atoms with Gasteiger partial charge in [-0.05, 0) is 12.8 Å². The molecule has 0 fully saturated rings. The summed E-state index contributed by atoms with van der Waals surface area (Å²) in [5.74, 6) is -1.96. The number of hydrogen-bond acceptors (Lipinski definition) is 3. The molecular weight excluding hydrogens is 278 g/mol. The minimum atomic E-state index is -1.08. The topological polar surface area (TPSA) is 77.8 Å². The Balaban J connectivity index is 5.06. The van der Waals surface area contributed by atoms with E-state index in [-0.39, 0.29) is 6.54 Å². The van der Waals surface area contributed by atoms with Crippen molar-refractivity contribution in [3.05, 3.63) is 0 Å². The largest absolute Gasteiger partial charge is 0.480 e. The molecule has 16 heavy (non-hydrogen) atoms. The van der Waals surface area contributed by atoms with Crippen molar-refractivity contribution in [1.29, 1.82) is 0 Å². The van der Waals surface area contributed by atoms with Gasteiger partial charge in [-0.1, -0.05) is 29.8 Å². The van der Waals surface area contributed by atoms with Crippen molar-refractivity contribution in [3.63, 3.8) is 0 Å². The quantitative estimate of drug-likeness (QED) is 0.662. The Bertz CT molecular complexity index is 253. The number of carboxylic acids is 2. The predicted molar refractivity (Wildman–Crippen MR) is 64.0 cm³/mol. The molecule has 0 bridgehead atoms. The molecule has 0 aliphatic heterocycles. The highest BCUT2D eigenvalue weighted by molar-refractivity contribution is 9.09. The lowest BCUT2D eigenvalue weighted by molar-refractivity contribution is -0.155. The van der Waals surface area contributed by atoms with Gasteiger partial charge in [-0.2, -0.15) is 0 Å². The zero-order chi connectivity index (χ0) is 12.8. The van der Waals surface area contributed by atoms with E-state index >= 15 is 0 Å². The third-order valence-electron chi connectivity index (χ3n) is 2.85. The molecule has 0 aliphatic carbocycles. The molecule has 0 rings (SSSR count). The van der Waals surface area contributed by atoms with Crippen molar-refractivity contribution in [3.8, 4) is 0 Å². The molecule has 0 aromatic rings. The molecule has 6 heteroatoms. The SMILES string of the molecule is CCC(CC)(C(=O)O)N(CCBr)CC(=O)O. The van der Waals surface area contributed by atoms with Gasteiger partial charge in [-0.25, -0.2) is 0 Å². The second-order valence-corrected chi connectivity index (χ2v) is 4.34. The summed E-state index contributed by atoms with van der Waals surface area (Å²) in [7, 11) is 0. The maximum Gasteiger partial charge on any atom is 0.324 e. The van der Waals surface area contributed by atoms with Gasteiger partial charge in [0.2, 0.25) is 0 Å². The van der Waals surface area contributed by atoms with Gasteiger partial charge in [-0.3, -0.25) is 14.5 Å². The molecule has 0 spiro atoms. The van der Waals surface area contributed by atoms with Crippen molar-refractivity contribution in [2.45, 2.75) is 32.2 Å². The van der Waals surface area contributed by atoms with Crippen LogP contribution in [0.2, 0.25) is 0 Å². The predicted octanol–water partition coefficient (Wildman–Crippen LogP) is 1.41. The Hall–Kier alpha value is -0.620. The first kappa shape index (κ1) is 15.4. The van der Waals surface area contributed by atoms with Crippen LogP contribution in [0.4, 0.5) is 0 Å². The summed E-state index contributed by atoms with van der Waals surface area (Å²) in [6.45, 7) is 3.68. The Morgan fingerprint density at radius 3 is 2.00 bits per heavy atom. The van der Waals surface area contributed by atoms with E-state index in [1.807, 2.05) is 0 Å². The Labute approximate surface area is 104 Å². The normalized spacial score (nSPS) is 11.8. The van der Waals surface area contributed by atoms with Crippen molar-refractivity contribution >= 4 is 27.9 Å². The van der Waals surface area contributed by atoms with Crippen LogP contribution in [0, 0.1) is 0 Å². The van der Waals surface area contributed by atoms with E-state index in [1.165, 1.54) is 4.90 Å². The first-order valence-corrected chi connectivity index (χ1v) is 6.33. The van der Waals surface area contributed by atoms with Crippen LogP contribution in [0.25, 0.3) is 0 Å². The van der Waals surface area contributed by atoms with Gasteiger partial charge < -0.3 is 10.2 Å². The number of halogens is 1. The fourth-order valence-electron chi connectivity index (χ4n) is 1.84. The molecule has 94 valence electrons. The van der Waals surface area contributed by atoms with E-state index in [9.17, 15) is 14.7 Å². The van der Waals surface area contributed by atoms with Gasteiger partial charge in [-0.15, -0.1) is 0 Å². The maximum atomic E-state index is 11.3. The van der Waals surface area contributed by atoms with Crippen LogP contribution in [0.1, 0.15) is 26.7 Å². The van der Waals surface area contributed by atoms with Gasteiger partial charge in [0.25, 0.3) is 0 Å². The molecule has 0 saturated heterocycles. The molecule has 0 radical (unpaired) electrons. The fourth-order valence-corrected chi connectivity index (χ4v) is 2.27. The van der Waals surface area contributed by atoms with Crippen LogP contribution in [0.3, 0.4) is 0 Å². The fraction of sp³-hybridized carbons (Fsp3) is 0.800. The number of alkyl halides is 1. The van der Waals surface area contributed by atoms with Crippen LogP contribution in [0.5, 0.6) is 0 Å². The van der Waals surface area contributed by atoms with Gasteiger partial charge in [0.05, 0.1) is 6.54 Å². The van der Waals surface area contributed by atoms with Crippen LogP contribution >= 0.6 is 15.9 Å². The zero-order valence-corrected chi connectivity index (χ0v) is 11.2.